The molecule has 2 aromatic rings. The van der Waals surface area contributed by atoms with E-state index in [1.165, 1.54) is 31.2 Å². The van der Waals surface area contributed by atoms with Crippen LogP contribution in [0.4, 0.5) is 4.39 Å². The second kappa shape index (κ2) is 8.42. The zero-order valence-electron chi connectivity index (χ0n) is 16.2. The van der Waals surface area contributed by atoms with Gasteiger partial charge in [-0.15, -0.1) is 0 Å². The summed E-state index contributed by atoms with van der Waals surface area (Å²) in [6.07, 6.45) is -0.274. The third-order valence-electron chi connectivity index (χ3n) is 4.89. The minimum atomic E-state index is -3.86. The third-order valence-corrected chi connectivity index (χ3v) is 6.82. The number of halogens is 1. The van der Waals surface area contributed by atoms with Crippen molar-refractivity contribution < 1.29 is 27.1 Å². The Morgan fingerprint density at radius 2 is 1.72 bits per heavy atom. The second-order valence-electron chi connectivity index (χ2n) is 7.04. The number of aryl methyl sites for hydroxylation is 1. The molecule has 2 atom stereocenters. The Morgan fingerprint density at radius 3 is 2.34 bits per heavy atom. The second-order valence-corrected chi connectivity index (χ2v) is 8.93. The van der Waals surface area contributed by atoms with E-state index in [4.69, 9.17) is 4.74 Å². The molecular formula is C21H22FNO5S. The number of ketones is 1. The summed E-state index contributed by atoms with van der Waals surface area (Å²) in [4.78, 5) is 25.2. The predicted molar refractivity (Wildman–Crippen MR) is 104 cm³/mol. The molecule has 0 amide bonds. The number of benzene rings is 2. The molecule has 1 heterocycles. The number of hydrogen-bond donors (Lipinski definition) is 0. The van der Waals surface area contributed by atoms with Crippen LogP contribution in [-0.4, -0.2) is 43.2 Å². The van der Waals surface area contributed by atoms with E-state index in [0.717, 1.165) is 22.0 Å². The number of carbonyl (C=O) groups excluding carboxylic acids is 2. The van der Waals surface area contributed by atoms with Crippen LogP contribution in [-0.2, 0) is 19.6 Å². The molecule has 0 saturated carbocycles. The van der Waals surface area contributed by atoms with Gasteiger partial charge in [0.1, 0.15) is 11.9 Å². The van der Waals surface area contributed by atoms with Gasteiger partial charge < -0.3 is 4.74 Å². The molecule has 0 N–H and O–H groups in total. The molecule has 0 aliphatic carbocycles. The summed E-state index contributed by atoms with van der Waals surface area (Å²) in [5.74, 6) is -1.72. The number of carbonyl (C=O) groups is 2. The van der Waals surface area contributed by atoms with Crippen LogP contribution < -0.4 is 0 Å². The van der Waals surface area contributed by atoms with Crippen LogP contribution in [0.1, 0.15) is 35.7 Å². The fraction of sp³-hybridized carbons (Fsp3) is 0.333. The van der Waals surface area contributed by atoms with Gasteiger partial charge >= 0.3 is 5.97 Å². The fourth-order valence-corrected chi connectivity index (χ4v) is 4.91. The summed E-state index contributed by atoms with van der Waals surface area (Å²) in [5.41, 5.74) is 1.14. The Morgan fingerprint density at radius 1 is 1.10 bits per heavy atom. The highest BCUT2D eigenvalue weighted by Gasteiger charge is 2.41. The van der Waals surface area contributed by atoms with Crippen molar-refractivity contribution in [1.29, 1.82) is 0 Å². The molecule has 0 bridgehead atoms. The summed E-state index contributed by atoms with van der Waals surface area (Å²) in [7, 11) is -3.86. The first kappa shape index (κ1) is 21.1. The monoisotopic (exact) mass is 419 g/mol. The molecule has 0 aromatic heterocycles. The standard InChI is InChI=1S/C21H22FNO5S/c1-14-5-11-18(12-6-14)29(26,27)23-13-3-4-19(23)21(25)28-15(2)20(24)16-7-9-17(22)10-8-16/h5-12,15,19H,3-4,13H2,1-2H3/t15-,19+/m1/s1. The first-order chi connectivity index (χ1) is 13.7. The van der Waals surface area contributed by atoms with Gasteiger partial charge in [-0.3, -0.25) is 9.59 Å². The van der Waals surface area contributed by atoms with Gasteiger partial charge in [-0.2, -0.15) is 4.31 Å². The molecule has 1 aliphatic heterocycles. The number of Topliss-reactive ketones (excluding diaryl/α,β-unsaturated/α-hetero) is 1. The highest BCUT2D eigenvalue weighted by atomic mass is 32.2. The molecule has 154 valence electrons. The summed E-state index contributed by atoms with van der Waals surface area (Å²) in [5, 5.41) is 0. The van der Waals surface area contributed by atoms with E-state index in [-0.39, 0.29) is 17.0 Å². The molecule has 8 heteroatoms. The zero-order valence-corrected chi connectivity index (χ0v) is 17.0. The van der Waals surface area contributed by atoms with Crippen LogP contribution in [0.2, 0.25) is 0 Å². The highest BCUT2D eigenvalue weighted by molar-refractivity contribution is 7.89. The lowest BCUT2D eigenvalue weighted by atomic mass is 10.1. The summed E-state index contributed by atoms with van der Waals surface area (Å²) in [6.45, 7) is 3.47. The van der Waals surface area contributed by atoms with Gasteiger partial charge in [-0.05, 0) is 63.1 Å². The summed E-state index contributed by atoms with van der Waals surface area (Å²) in [6, 6.07) is 10.3. The molecule has 1 fully saturated rings. The zero-order chi connectivity index (χ0) is 21.2. The largest absolute Gasteiger partial charge is 0.453 e. The SMILES string of the molecule is Cc1ccc(S(=O)(=O)N2CCC[C@H]2C(=O)O[C@H](C)C(=O)c2ccc(F)cc2)cc1. The summed E-state index contributed by atoms with van der Waals surface area (Å²) >= 11 is 0. The van der Waals surface area contributed by atoms with E-state index in [1.54, 1.807) is 12.1 Å². The number of ether oxygens (including phenoxy) is 1. The van der Waals surface area contributed by atoms with E-state index in [2.05, 4.69) is 0 Å². The molecule has 0 radical (unpaired) electrons. The topological polar surface area (TPSA) is 80.8 Å². The Kier molecular flexibility index (Phi) is 6.14. The maximum Gasteiger partial charge on any atom is 0.325 e. The Bertz CT molecular complexity index is 1000. The van der Waals surface area contributed by atoms with Crippen molar-refractivity contribution in [2.45, 2.75) is 43.7 Å². The number of rotatable bonds is 6. The Balaban J connectivity index is 1.73. The molecule has 29 heavy (non-hydrogen) atoms. The van der Waals surface area contributed by atoms with Gasteiger partial charge in [0.15, 0.2) is 6.10 Å². The van der Waals surface area contributed by atoms with E-state index >= 15 is 0 Å². The van der Waals surface area contributed by atoms with Crippen molar-refractivity contribution in [3.05, 3.63) is 65.5 Å². The fourth-order valence-electron chi connectivity index (χ4n) is 3.26. The number of sulfonamides is 1. The van der Waals surface area contributed by atoms with Crippen LogP contribution in [0.25, 0.3) is 0 Å². The van der Waals surface area contributed by atoms with Gasteiger partial charge in [0.05, 0.1) is 4.90 Å². The van der Waals surface area contributed by atoms with Crippen LogP contribution >= 0.6 is 0 Å². The molecule has 1 aliphatic rings. The lowest BCUT2D eigenvalue weighted by molar-refractivity contribution is -0.150. The van der Waals surface area contributed by atoms with Crippen molar-refractivity contribution in [2.75, 3.05) is 6.54 Å². The molecule has 2 aromatic carbocycles. The van der Waals surface area contributed by atoms with E-state index in [0.29, 0.717) is 12.8 Å². The molecule has 0 spiro atoms. The Labute approximate surface area is 169 Å². The quantitative estimate of drug-likeness (QED) is 0.531. The molecule has 0 unspecified atom stereocenters. The van der Waals surface area contributed by atoms with Gasteiger partial charge in [-0.1, -0.05) is 17.7 Å². The number of nitrogens with zero attached hydrogens (tertiary/aromatic N) is 1. The maximum absolute atomic E-state index is 13.0. The summed E-state index contributed by atoms with van der Waals surface area (Å²) < 4.78 is 45.3. The Hall–Kier alpha value is -2.58. The van der Waals surface area contributed by atoms with Crippen LogP contribution in [0.5, 0.6) is 0 Å². The van der Waals surface area contributed by atoms with Crippen molar-refractivity contribution in [3.8, 4) is 0 Å². The minimum Gasteiger partial charge on any atom is -0.453 e. The van der Waals surface area contributed by atoms with E-state index in [9.17, 15) is 22.4 Å². The molecular weight excluding hydrogens is 397 g/mol. The number of esters is 1. The predicted octanol–water partition coefficient (Wildman–Crippen LogP) is 3.10. The molecule has 6 nitrogen and oxygen atoms in total. The lowest BCUT2D eigenvalue weighted by Crippen LogP contribution is -2.43. The maximum atomic E-state index is 13.0. The van der Waals surface area contributed by atoms with E-state index < -0.39 is 39.7 Å². The molecule has 3 rings (SSSR count). The lowest BCUT2D eigenvalue weighted by Gasteiger charge is -2.24. The first-order valence-corrected chi connectivity index (χ1v) is 10.7. The number of hydrogen-bond acceptors (Lipinski definition) is 5. The smallest absolute Gasteiger partial charge is 0.325 e. The average Bonchev–Trinajstić information content (AvgIpc) is 3.19. The normalized spacial score (nSPS) is 18.4. The van der Waals surface area contributed by atoms with Crippen molar-refractivity contribution in [1.82, 2.24) is 4.31 Å². The van der Waals surface area contributed by atoms with Crippen LogP contribution in [0, 0.1) is 12.7 Å². The van der Waals surface area contributed by atoms with Crippen molar-refractivity contribution in [3.63, 3.8) is 0 Å². The van der Waals surface area contributed by atoms with E-state index in [1.807, 2.05) is 6.92 Å². The van der Waals surface area contributed by atoms with Gasteiger partial charge in [0.25, 0.3) is 0 Å². The average molecular weight is 419 g/mol. The van der Waals surface area contributed by atoms with Gasteiger partial charge in [0.2, 0.25) is 15.8 Å². The van der Waals surface area contributed by atoms with Crippen LogP contribution in [0.3, 0.4) is 0 Å². The third kappa shape index (κ3) is 4.54. The highest BCUT2D eigenvalue weighted by Crippen LogP contribution is 2.27. The first-order valence-electron chi connectivity index (χ1n) is 9.29. The van der Waals surface area contributed by atoms with Crippen LogP contribution in [0.15, 0.2) is 53.4 Å². The van der Waals surface area contributed by atoms with Gasteiger partial charge in [-0.25, -0.2) is 12.8 Å². The molecule has 1 saturated heterocycles. The van der Waals surface area contributed by atoms with Crippen molar-refractivity contribution in [2.24, 2.45) is 0 Å². The van der Waals surface area contributed by atoms with Gasteiger partial charge in [0, 0.05) is 12.1 Å². The minimum absolute atomic E-state index is 0.109. The van der Waals surface area contributed by atoms with Crippen molar-refractivity contribution >= 4 is 21.8 Å².